The van der Waals surface area contributed by atoms with E-state index in [0.717, 1.165) is 68.9 Å². The molecule has 1 aliphatic rings. The zero-order chi connectivity index (χ0) is 19.1. The lowest BCUT2D eigenvalue weighted by atomic mass is 10.1. The largest absolute Gasteiger partial charge is 0.461 e. The van der Waals surface area contributed by atoms with Crippen LogP contribution in [-0.2, 0) is 6.42 Å². The van der Waals surface area contributed by atoms with Gasteiger partial charge in [0, 0.05) is 44.5 Å². The highest BCUT2D eigenvalue weighted by molar-refractivity contribution is 14.0. The molecule has 1 unspecified atom stereocenters. The summed E-state index contributed by atoms with van der Waals surface area (Å²) in [4.78, 5) is 9.83. The molecule has 0 saturated carbocycles. The summed E-state index contributed by atoms with van der Waals surface area (Å²) in [5, 5.41) is 4.64. The molecule has 0 radical (unpaired) electrons. The predicted molar refractivity (Wildman–Crippen MR) is 129 cm³/mol. The van der Waals surface area contributed by atoms with Crippen molar-refractivity contribution in [2.24, 2.45) is 10.9 Å². The quantitative estimate of drug-likeness (QED) is 0.336. The van der Waals surface area contributed by atoms with E-state index < -0.39 is 0 Å². The van der Waals surface area contributed by atoms with Crippen LogP contribution in [-0.4, -0.2) is 61.6 Å². The van der Waals surface area contributed by atoms with Gasteiger partial charge in [0.1, 0.15) is 11.3 Å². The first-order chi connectivity index (χ1) is 13.2. The molecule has 1 aromatic carbocycles. The van der Waals surface area contributed by atoms with Crippen LogP contribution in [0.1, 0.15) is 33.0 Å². The van der Waals surface area contributed by atoms with Crippen molar-refractivity contribution >= 4 is 40.9 Å². The number of aliphatic imine (C=N–C) groups is 1. The average molecular weight is 498 g/mol. The van der Waals surface area contributed by atoms with E-state index in [1.807, 2.05) is 18.2 Å². The summed E-state index contributed by atoms with van der Waals surface area (Å²) in [7, 11) is 0. The fourth-order valence-electron chi connectivity index (χ4n) is 3.88. The number of halogens is 1. The van der Waals surface area contributed by atoms with Gasteiger partial charge in [0.2, 0.25) is 0 Å². The molecular formula is C22H35IN4O. The minimum Gasteiger partial charge on any atom is -0.461 e. The Kier molecular flexibility index (Phi) is 9.58. The van der Waals surface area contributed by atoms with Crippen LogP contribution in [0.25, 0.3) is 11.0 Å². The molecule has 3 rings (SSSR count). The number of nitrogens with one attached hydrogen (secondary N) is 1. The third kappa shape index (κ3) is 6.11. The highest BCUT2D eigenvalue weighted by atomic mass is 127. The van der Waals surface area contributed by atoms with Gasteiger partial charge in [0.05, 0.1) is 0 Å². The molecule has 0 amide bonds. The van der Waals surface area contributed by atoms with Crippen LogP contribution in [0.2, 0.25) is 0 Å². The maximum Gasteiger partial charge on any atom is 0.193 e. The zero-order valence-corrected chi connectivity index (χ0v) is 19.8. The summed E-state index contributed by atoms with van der Waals surface area (Å²) < 4.78 is 5.91. The van der Waals surface area contributed by atoms with Crippen LogP contribution >= 0.6 is 24.0 Å². The fraction of sp³-hybridized carbons (Fsp3) is 0.591. The lowest BCUT2D eigenvalue weighted by Crippen LogP contribution is -2.41. The molecule has 1 N–H and O–H groups in total. The monoisotopic (exact) mass is 498 g/mol. The SMILES string of the molecule is CCNC(=NCCc1cc2ccccc2o1)N1CCC(CN(CC)CC)C1.I. The molecule has 2 aromatic rings. The fourth-order valence-corrected chi connectivity index (χ4v) is 3.88. The second-order valence-corrected chi connectivity index (χ2v) is 7.32. The normalized spacial score (nSPS) is 17.4. The molecule has 1 atom stereocenters. The summed E-state index contributed by atoms with van der Waals surface area (Å²) in [5.74, 6) is 2.80. The number of benzene rings is 1. The highest BCUT2D eigenvalue weighted by Gasteiger charge is 2.25. The van der Waals surface area contributed by atoms with E-state index in [1.165, 1.54) is 18.4 Å². The van der Waals surface area contributed by atoms with E-state index in [-0.39, 0.29) is 24.0 Å². The number of furan rings is 1. The van der Waals surface area contributed by atoms with E-state index >= 15 is 0 Å². The maximum atomic E-state index is 5.91. The molecule has 0 aliphatic carbocycles. The minimum atomic E-state index is 0. The summed E-state index contributed by atoms with van der Waals surface area (Å²) in [6, 6.07) is 10.3. The van der Waals surface area contributed by atoms with Gasteiger partial charge in [-0.2, -0.15) is 0 Å². The van der Waals surface area contributed by atoms with Crippen molar-refractivity contribution in [3.8, 4) is 0 Å². The molecule has 28 heavy (non-hydrogen) atoms. The minimum absolute atomic E-state index is 0. The lowest BCUT2D eigenvalue weighted by molar-refractivity contribution is 0.255. The molecule has 1 fully saturated rings. The molecule has 0 bridgehead atoms. The maximum absolute atomic E-state index is 5.91. The van der Waals surface area contributed by atoms with E-state index in [1.54, 1.807) is 0 Å². The number of guanidine groups is 1. The van der Waals surface area contributed by atoms with Crippen LogP contribution in [0.15, 0.2) is 39.7 Å². The van der Waals surface area contributed by atoms with Gasteiger partial charge in [-0.3, -0.25) is 4.99 Å². The van der Waals surface area contributed by atoms with Crippen LogP contribution in [0.4, 0.5) is 0 Å². The zero-order valence-electron chi connectivity index (χ0n) is 17.5. The Bertz CT molecular complexity index is 708. The number of nitrogens with zero attached hydrogens (tertiary/aromatic N) is 3. The van der Waals surface area contributed by atoms with E-state index in [4.69, 9.17) is 9.41 Å². The summed E-state index contributed by atoms with van der Waals surface area (Å²) in [5.41, 5.74) is 0.960. The molecule has 0 spiro atoms. The number of likely N-dealkylation sites (tertiary alicyclic amines) is 1. The van der Waals surface area contributed by atoms with E-state index in [0.29, 0.717) is 0 Å². The topological polar surface area (TPSA) is 44.0 Å². The van der Waals surface area contributed by atoms with Crippen molar-refractivity contribution in [3.05, 3.63) is 36.1 Å². The van der Waals surface area contributed by atoms with Crippen LogP contribution in [0.3, 0.4) is 0 Å². The number of rotatable bonds is 8. The number of hydrogen-bond acceptors (Lipinski definition) is 3. The predicted octanol–water partition coefficient (Wildman–Crippen LogP) is 4.22. The van der Waals surface area contributed by atoms with Crippen LogP contribution < -0.4 is 5.32 Å². The Morgan fingerprint density at radius 3 is 2.75 bits per heavy atom. The van der Waals surface area contributed by atoms with Crippen molar-refractivity contribution in [1.82, 2.24) is 15.1 Å². The van der Waals surface area contributed by atoms with E-state index in [9.17, 15) is 0 Å². The van der Waals surface area contributed by atoms with Crippen molar-refractivity contribution < 1.29 is 4.42 Å². The Morgan fingerprint density at radius 2 is 2.04 bits per heavy atom. The number of para-hydroxylation sites is 1. The summed E-state index contributed by atoms with van der Waals surface area (Å²) in [6.45, 7) is 14.0. The van der Waals surface area contributed by atoms with Gasteiger partial charge in [-0.05, 0) is 44.5 Å². The molecule has 1 aliphatic heterocycles. The Labute approximate surface area is 186 Å². The van der Waals surface area contributed by atoms with Crippen molar-refractivity contribution in [2.75, 3.05) is 45.8 Å². The first kappa shape index (κ1) is 23.0. The van der Waals surface area contributed by atoms with Gasteiger partial charge in [-0.1, -0.05) is 32.0 Å². The van der Waals surface area contributed by atoms with Gasteiger partial charge >= 0.3 is 0 Å². The van der Waals surface area contributed by atoms with Gasteiger partial charge in [-0.25, -0.2) is 0 Å². The molecule has 156 valence electrons. The Balaban J connectivity index is 0.00000280. The molecule has 2 heterocycles. The number of hydrogen-bond donors (Lipinski definition) is 1. The highest BCUT2D eigenvalue weighted by Crippen LogP contribution is 2.20. The number of fused-ring (bicyclic) bond motifs is 1. The lowest BCUT2D eigenvalue weighted by Gasteiger charge is -2.24. The summed E-state index contributed by atoms with van der Waals surface area (Å²) >= 11 is 0. The van der Waals surface area contributed by atoms with Gasteiger partial charge < -0.3 is 19.5 Å². The van der Waals surface area contributed by atoms with Gasteiger partial charge in [0.15, 0.2) is 5.96 Å². The first-order valence-electron chi connectivity index (χ1n) is 10.5. The molecular weight excluding hydrogens is 463 g/mol. The third-order valence-electron chi connectivity index (χ3n) is 5.43. The Morgan fingerprint density at radius 1 is 1.25 bits per heavy atom. The smallest absolute Gasteiger partial charge is 0.193 e. The summed E-state index contributed by atoms with van der Waals surface area (Å²) in [6.07, 6.45) is 2.09. The molecule has 6 heteroatoms. The standard InChI is InChI=1S/C22H34N4O.HI/c1-4-23-22(26-14-12-18(17-26)16-25(5-2)6-3)24-13-11-20-15-19-9-7-8-10-21(19)27-20;/h7-10,15,18H,4-6,11-14,16-17H2,1-3H3,(H,23,24);1H. The van der Waals surface area contributed by atoms with E-state index in [2.05, 4.69) is 48.0 Å². The van der Waals surface area contributed by atoms with Crippen molar-refractivity contribution in [2.45, 2.75) is 33.6 Å². The third-order valence-corrected chi connectivity index (χ3v) is 5.43. The molecule has 1 saturated heterocycles. The Hall–Kier alpha value is -1.28. The molecule has 1 aromatic heterocycles. The first-order valence-corrected chi connectivity index (χ1v) is 10.5. The van der Waals surface area contributed by atoms with Crippen LogP contribution in [0.5, 0.6) is 0 Å². The van der Waals surface area contributed by atoms with Crippen molar-refractivity contribution in [1.29, 1.82) is 0 Å². The van der Waals surface area contributed by atoms with Crippen LogP contribution in [0, 0.1) is 5.92 Å². The van der Waals surface area contributed by atoms with Crippen molar-refractivity contribution in [3.63, 3.8) is 0 Å². The van der Waals surface area contributed by atoms with Gasteiger partial charge in [-0.15, -0.1) is 24.0 Å². The second kappa shape index (κ2) is 11.7. The second-order valence-electron chi connectivity index (χ2n) is 7.32. The molecule has 5 nitrogen and oxygen atoms in total. The van der Waals surface area contributed by atoms with Gasteiger partial charge in [0.25, 0.3) is 0 Å². The average Bonchev–Trinajstić information content (AvgIpc) is 3.31.